The molecular formula is C16H18N4O2. The lowest BCUT2D eigenvalue weighted by atomic mass is 10.1. The van der Waals surface area contributed by atoms with E-state index in [-0.39, 0.29) is 12.0 Å². The fourth-order valence-electron chi connectivity index (χ4n) is 2.31. The predicted molar refractivity (Wildman–Crippen MR) is 82.9 cm³/mol. The van der Waals surface area contributed by atoms with Crippen LogP contribution in [0.15, 0.2) is 42.9 Å². The Kier molecular flexibility index (Phi) is 4.60. The van der Waals surface area contributed by atoms with Crippen LogP contribution in [0.3, 0.4) is 0 Å². The molecule has 0 saturated carbocycles. The Hall–Kier alpha value is -2.47. The van der Waals surface area contributed by atoms with E-state index in [4.69, 9.17) is 4.74 Å². The second-order valence-corrected chi connectivity index (χ2v) is 5.14. The maximum atomic E-state index is 12.0. The van der Waals surface area contributed by atoms with Crippen LogP contribution in [0.5, 0.6) is 5.88 Å². The summed E-state index contributed by atoms with van der Waals surface area (Å²) >= 11 is 0. The van der Waals surface area contributed by atoms with Gasteiger partial charge < -0.3 is 15.4 Å². The number of nitrogens with zero attached hydrogens (tertiary/aromatic N) is 2. The Morgan fingerprint density at radius 1 is 1.18 bits per heavy atom. The van der Waals surface area contributed by atoms with Crippen LogP contribution in [-0.4, -0.2) is 35.1 Å². The van der Waals surface area contributed by atoms with E-state index in [0.29, 0.717) is 17.1 Å². The number of rotatable bonds is 4. The zero-order valence-corrected chi connectivity index (χ0v) is 12.2. The molecule has 0 spiro atoms. The first-order valence-electron chi connectivity index (χ1n) is 7.36. The smallest absolute Gasteiger partial charge is 0.255 e. The van der Waals surface area contributed by atoms with E-state index >= 15 is 0 Å². The van der Waals surface area contributed by atoms with Crippen LogP contribution in [0.2, 0.25) is 0 Å². The van der Waals surface area contributed by atoms with E-state index in [2.05, 4.69) is 20.6 Å². The number of pyridine rings is 2. The largest absolute Gasteiger partial charge is 0.474 e. The molecule has 1 aliphatic heterocycles. The molecule has 2 aromatic heterocycles. The van der Waals surface area contributed by atoms with Gasteiger partial charge in [-0.25, -0.2) is 4.98 Å². The molecule has 22 heavy (non-hydrogen) atoms. The highest BCUT2D eigenvalue weighted by Crippen LogP contribution is 2.16. The lowest BCUT2D eigenvalue weighted by Gasteiger charge is -2.23. The summed E-state index contributed by atoms with van der Waals surface area (Å²) < 4.78 is 5.83. The minimum Gasteiger partial charge on any atom is -0.474 e. The third kappa shape index (κ3) is 3.79. The fraction of sp³-hybridized carbons (Fsp3) is 0.312. The van der Waals surface area contributed by atoms with Gasteiger partial charge in [0.25, 0.3) is 5.91 Å². The number of carbonyl (C=O) groups excluding carboxylic acids is 1. The van der Waals surface area contributed by atoms with Crippen LogP contribution in [0.4, 0.5) is 5.69 Å². The molecule has 2 N–H and O–H groups in total. The molecule has 0 bridgehead atoms. The third-order valence-corrected chi connectivity index (χ3v) is 3.51. The van der Waals surface area contributed by atoms with Crippen LogP contribution in [-0.2, 0) is 0 Å². The normalized spacial score (nSPS) is 15.3. The molecule has 0 radical (unpaired) electrons. The molecule has 6 nitrogen and oxygen atoms in total. The van der Waals surface area contributed by atoms with E-state index in [1.165, 1.54) is 0 Å². The third-order valence-electron chi connectivity index (χ3n) is 3.51. The fourth-order valence-corrected chi connectivity index (χ4v) is 2.31. The number of ether oxygens (including phenoxy) is 1. The van der Waals surface area contributed by atoms with Crippen molar-refractivity contribution in [2.24, 2.45) is 0 Å². The molecule has 0 atom stereocenters. The first-order chi connectivity index (χ1) is 10.8. The summed E-state index contributed by atoms with van der Waals surface area (Å²) in [4.78, 5) is 20.1. The van der Waals surface area contributed by atoms with Crippen molar-refractivity contribution in [3.05, 3.63) is 48.4 Å². The van der Waals surface area contributed by atoms with Crippen LogP contribution in [0.25, 0.3) is 0 Å². The maximum Gasteiger partial charge on any atom is 0.255 e. The average molecular weight is 298 g/mol. The second kappa shape index (κ2) is 7.00. The van der Waals surface area contributed by atoms with E-state index in [1.54, 1.807) is 42.9 Å². The van der Waals surface area contributed by atoms with Gasteiger partial charge >= 0.3 is 0 Å². The van der Waals surface area contributed by atoms with Gasteiger partial charge in [-0.1, -0.05) is 0 Å². The van der Waals surface area contributed by atoms with E-state index in [9.17, 15) is 4.79 Å². The van der Waals surface area contributed by atoms with Crippen molar-refractivity contribution in [2.75, 3.05) is 18.4 Å². The molecule has 1 saturated heterocycles. The molecule has 1 fully saturated rings. The number of nitrogens with one attached hydrogen (secondary N) is 2. The van der Waals surface area contributed by atoms with Crippen LogP contribution in [0, 0.1) is 0 Å². The summed E-state index contributed by atoms with van der Waals surface area (Å²) in [5.74, 6) is 0.407. The molecule has 6 heteroatoms. The number of piperidine rings is 1. The quantitative estimate of drug-likeness (QED) is 0.901. The monoisotopic (exact) mass is 298 g/mol. The Balaban J connectivity index is 1.58. The van der Waals surface area contributed by atoms with E-state index in [0.717, 1.165) is 25.9 Å². The second-order valence-electron chi connectivity index (χ2n) is 5.14. The Bertz CT molecular complexity index is 610. The van der Waals surface area contributed by atoms with Gasteiger partial charge in [-0.05, 0) is 44.1 Å². The molecule has 0 aliphatic carbocycles. The number of carbonyl (C=O) groups is 1. The van der Waals surface area contributed by atoms with E-state index in [1.807, 2.05) is 0 Å². The van der Waals surface area contributed by atoms with Crippen molar-refractivity contribution >= 4 is 11.6 Å². The predicted octanol–water partition coefficient (Wildman–Crippen LogP) is 1.86. The van der Waals surface area contributed by atoms with Gasteiger partial charge in [0.15, 0.2) is 0 Å². The molecule has 0 unspecified atom stereocenters. The van der Waals surface area contributed by atoms with E-state index < -0.39 is 0 Å². The van der Waals surface area contributed by atoms with Gasteiger partial charge in [-0.15, -0.1) is 0 Å². The topological polar surface area (TPSA) is 76.1 Å². The van der Waals surface area contributed by atoms with Crippen LogP contribution < -0.4 is 15.4 Å². The Morgan fingerprint density at radius 2 is 1.95 bits per heavy atom. The SMILES string of the molecule is O=C(Nc1ccc(OC2CCNCC2)nc1)c1ccncc1. The molecular weight excluding hydrogens is 280 g/mol. The standard InChI is InChI=1S/C16H18N4O2/c21-16(12-3-7-17-8-4-12)20-13-1-2-15(19-11-13)22-14-5-9-18-10-6-14/h1-4,7-8,11,14,18H,5-6,9-10H2,(H,20,21). The Labute approximate surface area is 128 Å². The number of aromatic nitrogens is 2. The van der Waals surface area contributed by atoms with Crippen molar-refractivity contribution in [1.82, 2.24) is 15.3 Å². The molecule has 1 amide bonds. The highest BCUT2D eigenvalue weighted by Gasteiger charge is 2.15. The highest BCUT2D eigenvalue weighted by molar-refractivity contribution is 6.04. The number of hydrogen-bond acceptors (Lipinski definition) is 5. The van der Waals surface area contributed by atoms with Gasteiger partial charge in [0.2, 0.25) is 5.88 Å². The zero-order chi connectivity index (χ0) is 15.2. The number of amides is 1. The zero-order valence-electron chi connectivity index (χ0n) is 12.2. The van der Waals surface area contributed by atoms with Gasteiger partial charge in [0, 0.05) is 24.0 Å². The van der Waals surface area contributed by atoms with Crippen LogP contribution in [0.1, 0.15) is 23.2 Å². The lowest BCUT2D eigenvalue weighted by molar-refractivity contribution is 0.102. The minimum atomic E-state index is -0.184. The molecule has 2 aromatic rings. The summed E-state index contributed by atoms with van der Waals surface area (Å²) in [6.45, 7) is 1.95. The van der Waals surface area contributed by atoms with Gasteiger partial charge in [-0.3, -0.25) is 9.78 Å². The first-order valence-corrected chi connectivity index (χ1v) is 7.36. The number of hydrogen-bond donors (Lipinski definition) is 2. The molecule has 0 aromatic carbocycles. The van der Waals surface area contributed by atoms with Crippen molar-refractivity contribution < 1.29 is 9.53 Å². The molecule has 1 aliphatic rings. The lowest BCUT2D eigenvalue weighted by Crippen LogP contribution is -2.34. The maximum absolute atomic E-state index is 12.0. The van der Waals surface area contributed by atoms with Crippen molar-refractivity contribution in [1.29, 1.82) is 0 Å². The Morgan fingerprint density at radius 3 is 2.64 bits per heavy atom. The van der Waals surface area contributed by atoms with Crippen molar-refractivity contribution in [2.45, 2.75) is 18.9 Å². The summed E-state index contributed by atoms with van der Waals surface area (Å²) in [6, 6.07) is 6.90. The van der Waals surface area contributed by atoms with Crippen LogP contribution >= 0.6 is 0 Å². The average Bonchev–Trinajstić information content (AvgIpc) is 2.58. The first kappa shape index (κ1) is 14.5. The summed E-state index contributed by atoms with van der Waals surface area (Å²) in [6.07, 6.45) is 6.97. The number of anilines is 1. The summed E-state index contributed by atoms with van der Waals surface area (Å²) in [5.41, 5.74) is 1.20. The highest BCUT2D eigenvalue weighted by atomic mass is 16.5. The molecule has 3 rings (SSSR count). The van der Waals surface area contributed by atoms with Gasteiger partial charge in [-0.2, -0.15) is 0 Å². The summed E-state index contributed by atoms with van der Waals surface area (Å²) in [7, 11) is 0. The molecule has 114 valence electrons. The summed E-state index contributed by atoms with van der Waals surface area (Å²) in [5, 5.41) is 6.09. The van der Waals surface area contributed by atoms with Crippen molar-refractivity contribution in [3.63, 3.8) is 0 Å². The van der Waals surface area contributed by atoms with Crippen molar-refractivity contribution in [3.8, 4) is 5.88 Å². The molecule has 3 heterocycles. The van der Waals surface area contributed by atoms with Gasteiger partial charge in [0.05, 0.1) is 11.9 Å². The van der Waals surface area contributed by atoms with Gasteiger partial charge in [0.1, 0.15) is 6.10 Å². The minimum absolute atomic E-state index is 0.184.